The molecule has 1 aliphatic rings. The molecule has 5 rings (SSSR count). The number of aliphatic hydroxyl groups excluding tert-OH is 1. The van der Waals surface area contributed by atoms with Gasteiger partial charge >= 0.3 is 6.36 Å². The second kappa shape index (κ2) is 9.93. The molecule has 4 aromatic rings. The number of fused-ring (bicyclic) bond motifs is 1. The molecule has 2 atom stereocenters. The predicted molar refractivity (Wildman–Crippen MR) is 134 cm³/mol. The first-order valence-electron chi connectivity index (χ1n) is 11.4. The van der Waals surface area contributed by atoms with E-state index in [1.54, 1.807) is 0 Å². The second-order valence-electron chi connectivity index (χ2n) is 8.71. The number of thiophene rings is 1. The number of rotatable bonds is 7. The highest BCUT2D eigenvalue weighted by molar-refractivity contribution is 7.92. The first kappa shape index (κ1) is 26.0. The fourth-order valence-electron chi connectivity index (χ4n) is 4.39. The molecule has 1 fully saturated rings. The van der Waals surface area contributed by atoms with Gasteiger partial charge in [0.05, 0.1) is 28.9 Å². The van der Waals surface area contributed by atoms with E-state index >= 15 is 0 Å². The maximum absolute atomic E-state index is 13.2. The van der Waals surface area contributed by atoms with E-state index in [9.17, 15) is 31.5 Å². The minimum Gasteiger partial charge on any atom is -0.406 e. The van der Waals surface area contributed by atoms with Gasteiger partial charge < -0.3 is 20.1 Å². The number of aromatic amines is 1. The molecule has 0 unspecified atom stereocenters. The summed E-state index contributed by atoms with van der Waals surface area (Å²) in [6.45, 7) is 0. The van der Waals surface area contributed by atoms with Gasteiger partial charge in [0.1, 0.15) is 17.1 Å². The number of aromatic nitrogens is 2. The van der Waals surface area contributed by atoms with Crippen LogP contribution in [0, 0.1) is 0 Å². The molecule has 1 saturated carbocycles. The van der Waals surface area contributed by atoms with Crippen LogP contribution in [0.25, 0.3) is 22.2 Å². The zero-order valence-corrected chi connectivity index (χ0v) is 21.1. The van der Waals surface area contributed by atoms with Crippen molar-refractivity contribution >= 4 is 44.0 Å². The third-order valence-electron chi connectivity index (χ3n) is 6.10. The number of aliphatic hydroxyl groups is 1. The lowest BCUT2D eigenvalue weighted by Gasteiger charge is -2.16. The van der Waals surface area contributed by atoms with Gasteiger partial charge in [0, 0.05) is 10.9 Å². The third kappa shape index (κ3) is 5.47. The molecule has 0 spiro atoms. The summed E-state index contributed by atoms with van der Waals surface area (Å²) in [4.78, 5) is 20.2. The average molecular weight is 567 g/mol. The maximum atomic E-state index is 13.2. The minimum absolute atomic E-state index is 0.0850. The Labute approximate surface area is 218 Å². The Morgan fingerprint density at radius 2 is 1.95 bits per heavy atom. The largest absolute Gasteiger partial charge is 0.573 e. The number of halogens is 3. The normalized spacial score (nSPS) is 18.0. The van der Waals surface area contributed by atoms with E-state index in [0.717, 1.165) is 36.2 Å². The van der Waals surface area contributed by atoms with Gasteiger partial charge in [-0.3, -0.25) is 9.52 Å². The second-order valence-corrected chi connectivity index (χ2v) is 11.2. The topological polar surface area (TPSA) is 133 Å². The number of pyridine rings is 1. The first-order chi connectivity index (χ1) is 18.0. The molecular weight excluding hydrogens is 545 g/mol. The summed E-state index contributed by atoms with van der Waals surface area (Å²) < 4.78 is 69.1. The van der Waals surface area contributed by atoms with Gasteiger partial charge in [-0.05, 0) is 72.0 Å². The summed E-state index contributed by atoms with van der Waals surface area (Å²) in [5, 5.41) is 17.1. The third-order valence-corrected chi connectivity index (χ3v) is 8.18. The van der Waals surface area contributed by atoms with Gasteiger partial charge in [-0.1, -0.05) is 0 Å². The standard InChI is InChI=1S/C24H21F3N4O5S2/c25-24(26,27)36-15-4-6-16(7-5-15)38(34,35)31-14-10-17-20(13-8-9-37-12-13)21(30-22(17)28-11-14)23(33)29-18-2-1-3-19(18)32/h4-12,18-19,31-32H,1-3H2,(H,28,30)(H,29,33)/t18-,19+/m0/s1. The molecule has 3 heterocycles. The molecule has 0 radical (unpaired) electrons. The predicted octanol–water partition coefficient (Wildman–Crippen LogP) is 4.63. The van der Waals surface area contributed by atoms with Gasteiger partial charge in [0.2, 0.25) is 0 Å². The first-order valence-corrected chi connectivity index (χ1v) is 13.8. The molecular formula is C24H21F3N4O5S2. The molecule has 1 aliphatic carbocycles. The van der Waals surface area contributed by atoms with Crippen LogP contribution in [0.1, 0.15) is 29.8 Å². The number of benzene rings is 1. The molecule has 14 heteroatoms. The van der Waals surface area contributed by atoms with Crippen molar-refractivity contribution in [2.75, 3.05) is 4.72 Å². The Hall–Kier alpha value is -3.62. The average Bonchev–Trinajstić information content (AvgIpc) is 3.58. The number of nitrogens with one attached hydrogen (secondary N) is 3. The van der Waals surface area contributed by atoms with Gasteiger partial charge in [0.15, 0.2) is 0 Å². The van der Waals surface area contributed by atoms with Crippen LogP contribution in [0.5, 0.6) is 5.75 Å². The number of alkyl halides is 3. The van der Waals surface area contributed by atoms with Crippen molar-refractivity contribution in [2.24, 2.45) is 0 Å². The molecule has 38 heavy (non-hydrogen) atoms. The van der Waals surface area contributed by atoms with Crippen molar-refractivity contribution in [3.8, 4) is 16.9 Å². The van der Waals surface area contributed by atoms with Crippen molar-refractivity contribution in [2.45, 2.75) is 42.7 Å². The van der Waals surface area contributed by atoms with Crippen LogP contribution in [-0.2, 0) is 10.0 Å². The minimum atomic E-state index is -4.90. The Balaban J connectivity index is 1.46. The molecule has 200 valence electrons. The highest BCUT2D eigenvalue weighted by Gasteiger charge is 2.31. The molecule has 0 bridgehead atoms. The summed E-state index contributed by atoms with van der Waals surface area (Å²) in [6.07, 6.45) is -2.19. The quantitative estimate of drug-likeness (QED) is 0.258. The van der Waals surface area contributed by atoms with Crippen molar-refractivity contribution in [3.63, 3.8) is 0 Å². The number of hydrogen-bond acceptors (Lipinski definition) is 7. The highest BCUT2D eigenvalue weighted by Crippen LogP contribution is 2.35. The van der Waals surface area contributed by atoms with Crippen LogP contribution < -0.4 is 14.8 Å². The molecule has 0 saturated heterocycles. The lowest BCUT2D eigenvalue weighted by molar-refractivity contribution is -0.274. The SMILES string of the molecule is O=C(N[C@H]1CCC[C@H]1O)c1[nH]c2ncc(NS(=O)(=O)c3ccc(OC(F)(F)F)cc3)cc2c1-c1ccsc1. The van der Waals surface area contributed by atoms with E-state index in [1.165, 1.54) is 23.6 Å². The van der Waals surface area contributed by atoms with E-state index in [-0.39, 0.29) is 22.3 Å². The lowest BCUT2D eigenvalue weighted by Crippen LogP contribution is -2.40. The number of ether oxygens (including phenoxy) is 1. The lowest BCUT2D eigenvalue weighted by atomic mass is 10.0. The van der Waals surface area contributed by atoms with Crippen molar-refractivity contribution in [3.05, 3.63) is 59.0 Å². The van der Waals surface area contributed by atoms with Crippen LogP contribution in [0.3, 0.4) is 0 Å². The van der Waals surface area contributed by atoms with E-state index in [0.29, 0.717) is 29.4 Å². The molecule has 9 nitrogen and oxygen atoms in total. The summed E-state index contributed by atoms with van der Waals surface area (Å²) in [6, 6.07) is 6.74. The zero-order valence-electron chi connectivity index (χ0n) is 19.4. The van der Waals surface area contributed by atoms with Crippen LogP contribution in [0.4, 0.5) is 18.9 Å². The number of sulfonamides is 1. The number of amides is 1. The van der Waals surface area contributed by atoms with E-state index in [2.05, 4.69) is 24.7 Å². The molecule has 1 aromatic carbocycles. The molecule has 3 aromatic heterocycles. The van der Waals surface area contributed by atoms with Crippen molar-refractivity contribution in [1.29, 1.82) is 0 Å². The zero-order chi connectivity index (χ0) is 27.1. The van der Waals surface area contributed by atoms with Gasteiger partial charge in [0.25, 0.3) is 15.9 Å². The summed E-state index contributed by atoms with van der Waals surface area (Å²) in [7, 11) is -4.18. The Morgan fingerprint density at radius 1 is 1.18 bits per heavy atom. The van der Waals surface area contributed by atoms with Gasteiger partial charge in [-0.25, -0.2) is 13.4 Å². The van der Waals surface area contributed by atoms with Crippen molar-refractivity contribution in [1.82, 2.24) is 15.3 Å². The summed E-state index contributed by atoms with van der Waals surface area (Å²) in [5.74, 6) is -0.971. The number of nitrogens with zero attached hydrogens (tertiary/aromatic N) is 1. The summed E-state index contributed by atoms with van der Waals surface area (Å²) >= 11 is 1.42. The van der Waals surface area contributed by atoms with Crippen LogP contribution in [0.2, 0.25) is 0 Å². The van der Waals surface area contributed by atoms with Crippen LogP contribution in [-0.4, -0.2) is 47.9 Å². The van der Waals surface area contributed by atoms with Crippen molar-refractivity contribution < 1.29 is 36.2 Å². The number of hydrogen-bond donors (Lipinski definition) is 4. The van der Waals surface area contributed by atoms with E-state index in [4.69, 9.17) is 0 Å². The van der Waals surface area contributed by atoms with Gasteiger partial charge in [-0.2, -0.15) is 11.3 Å². The Morgan fingerprint density at radius 3 is 2.58 bits per heavy atom. The molecule has 1 amide bonds. The highest BCUT2D eigenvalue weighted by atomic mass is 32.2. The van der Waals surface area contributed by atoms with Crippen LogP contribution >= 0.6 is 11.3 Å². The van der Waals surface area contributed by atoms with Gasteiger partial charge in [-0.15, -0.1) is 13.2 Å². The maximum Gasteiger partial charge on any atom is 0.573 e. The van der Waals surface area contributed by atoms with E-state index < -0.39 is 34.1 Å². The molecule has 4 N–H and O–H groups in total. The monoisotopic (exact) mass is 566 g/mol. The molecule has 0 aliphatic heterocycles. The number of carbonyl (C=O) groups excluding carboxylic acids is 1. The Kier molecular flexibility index (Phi) is 6.79. The fourth-order valence-corrected chi connectivity index (χ4v) is 6.07. The van der Waals surface area contributed by atoms with E-state index in [1.807, 2.05) is 16.8 Å². The fraction of sp³-hybridized carbons (Fsp3) is 0.250. The number of H-pyrrole nitrogens is 1. The number of carbonyl (C=O) groups is 1. The summed E-state index contributed by atoms with van der Waals surface area (Å²) in [5.41, 5.74) is 1.90. The number of anilines is 1. The van der Waals surface area contributed by atoms with Crippen LogP contribution in [0.15, 0.2) is 58.3 Å². The Bertz CT molecular complexity index is 1570. The smallest absolute Gasteiger partial charge is 0.406 e.